The topological polar surface area (TPSA) is 110 Å². The van der Waals surface area contributed by atoms with Crippen molar-refractivity contribution >= 4 is 17.4 Å². The van der Waals surface area contributed by atoms with Crippen molar-refractivity contribution < 1.29 is 23.2 Å². The molecule has 2 rings (SSSR count). The highest BCUT2D eigenvalue weighted by Crippen LogP contribution is 2.23. The van der Waals surface area contributed by atoms with E-state index in [1.165, 1.54) is 18.2 Å². The van der Waals surface area contributed by atoms with Crippen LogP contribution < -0.4 is 10.1 Å². The van der Waals surface area contributed by atoms with Crippen LogP contribution in [-0.4, -0.2) is 27.6 Å². The predicted molar refractivity (Wildman–Crippen MR) is 71.0 cm³/mol. The van der Waals surface area contributed by atoms with E-state index in [2.05, 4.69) is 20.3 Å². The monoisotopic (exact) mass is 312 g/mol. The molecule has 0 atom stereocenters. The van der Waals surface area contributed by atoms with Crippen LogP contribution in [0.2, 0.25) is 0 Å². The number of ether oxygens (including phenoxy) is 1. The second-order valence-electron chi connectivity index (χ2n) is 4.20. The van der Waals surface area contributed by atoms with Gasteiger partial charge in [0.15, 0.2) is 5.69 Å². The van der Waals surface area contributed by atoms with Gasteiger partial charge < -0.3 is 20.2 Å². The Hall–Kier alpha value is -3.04. The van der Waals surface area contributed by atoms with E-state index in [4.69, 9.17) is 0 Å². The lowest BCUT2D eigenvalue weighted by Crippen LogP contribution is -2.13. The molecule has 1 heterocycles. The molecular weight excluding hydrogens is 302 g/mol. The van der Waals surface area contributed by atoms with Crippen molar-refractivity contribution in [1.82, 2.24) is 10.2 Å². The van der Waals surface area contributed by atoms with E-state index in [9.17, 15) is 23.7 Å². The number of hydrogen-bond acceptors (Lipinski definition) is 5. The molecular formula is C12H10F2N4O4. The zero-order chi connectivity index (χ0) is 16.3. The van der Waals surface area contributed by atoms with Gasteiger partial charge in [-0.1, -0.05) is 5.10 Å². The third-order valence-corrected chi connectivity index (χ3v) is 2.66. The second-order valence-corrected chi connectivity index (χ2v) is 4.20. The van der Waals surface area contributed by atoms with Crippen molar-refractivity contribution in [3.8, 4) is 5.75 Å². The number of anilines is 1. The molecule has 0 aliphatic rings. The molecule has 0 spiro atoms. The maximum Gasteiger partial charge on any atom is 0.387 e. The molecule has 0 unspecified atom stereocenters. The van der Waals surface area contributed by atoms with Crippen molar-refractivity contribution in [2.45, 2.75) is 13.5 Å². The second kappa shape index (κ2) is 6.16. The molecule has 1 aromatic carbocycles. The van der Waals surface area contributed by atoms with E-state index in [1.54, 1.807) is 6.92 Å². The fraction of sp³-hybridized carbons (Fsp3) is 0.167. The lowest BCUT2D eigenvalue weighted by atomic mass is 10.2. The molecule has 0 saturated heterocycles. The number of rotatable bonds is 5. The predicted octanol–water partition coefficient (Wildman–Crippen LogP) is 2.48. The Morgan fingerprint density at radius 3 is 2.73 bits per heavy atom. The number of hydrogen-bond donors (Lipinski definition) is 2. The van der Waals surface area contributed by atoms with Crippen LogP contribution >= 0.6 is 0 Å². The number of benzene rings is 1. The fourth-order valence-electron chi connectivity index (χ4n) is 1.66. The highest BCUT2D eigenvalue weighted by molar-refractivity contribution is 6.03. The number of aryl methyl sites for hydroxylation is 1. The number of carbonyl (C=O) groups is 1. The first-order valence-electron chi connectivity index (χ1n) is 5.93. The van der Waals surface area contributed by atoms with E-state index >= 15 is 0 Å². The Bertz CT molecular complexity index is 717. The first-order chi connectivity index (χ1) is 10.4. The van der Waals surface area contributed by atoms with Gasteiger partial charge >= 0.3 is 12.4 Å². The van der Waals surface area contributed by atoms with E-state index in [0.29, 0.717) is 11.3 Å². The van der Waals surface area contributed by atoms with Crippen LogP contribution in [0.5, 0.6) is 5.75 Å². The van der Waals surface area contributed by atoms with Gasteiger partial charge in [-0.2, -0.15) is 8.78 Å². The van der Waals surface area contributed by atoms with Crippen LogP contribution in [0.4, 0.5) is 20.3 Å². The van der Waals surface area contributed by atoms with Gasteiger partial charge in [-0.05, 0) is 35.6 Å². The lowest BCUT2D eigenvalue weighted by molar-refractivity contribution is -0.389. The average Bonchev–Trinajstić information content (AvgIpc) is 2.91. The summed E-state index contributed by atoms with van der Waals surface area (Å²) in [6.45, 7) is -1.36. The molecule has 1 aromatic heterocycles. The lowest BCUT2D eigenvalue weighted by Gasteiger charge is -2.09. The average molecular weight is 312 g/mol. The fourth-order valence-corrected chi connectivity index (χ4v) is 1.66. The Labute approximate surface area is 122 Å². The number of nitrogens with zero attached hydrogens (tertiary/aromatic N) is 2. The molecule has 0 fully saturated rings. The maximum absolute atomic E-state index is 12.1. The molecule has 10 heteroatoms. The van der Waals surface area contributed by atoms with Crippen LogP contribution in [-0.2, 0) is 0 Å². The summed E-state index contributed by atoms with van der Waals surface area (Å²) in [4.78, 5) is 21.7. The van der Waals surface area contributed by atoms with E-state index in [0.717, 1.165) is 6.07 Å². The van der Waals surface area contributed by atoms with Gasteiger partial charge in [0.1, 0.15) is 5.75 Å². The van der Waals surface area contributed by atoms with Gasteiger partial charge in [-0.3, -0.25) is 4.79 Å². The quantitative estimate of drug-likeness (QED) is 0.651. The summed E-state index contributed by atoms with van der Waals surface area (Å²) in [6, 6.07) is 4.96. The van der Waals surface area contributed by atoms with E-state index in [1.807, 2.05) is 0 Å². The third kappa shape index (κ3) is 3.53. The number of carbonyl (C=O) groups excluding carboxylic acids is 1. The zero-order valence-electron chi connectivity index (χ0n) is 11.2. The summed E-state index contributed by atoms with van der Waals surface area (Å²) >= 11 is 0. The molecule has 0 aliphatic carbocycles. The van der Waals surface area contributed by atoms with Gasteiger partial charge in [0, 0.05) is 5.69 Å². The summed E-state index contributed by atoms with van der Waals surface area (Å²) < 4.78 is 28.4. The number of aromatic nitrogens is 2. The first-order valence-corrected chi connectivity index (χ1v) is 5.93. The van der Waals surface area contributed by atoms with Crippen molar-refractivity contribution in [3.05, 3.63) is 45.6 Å². The Balaban J connectivity index is 2.12. The largest absolute Gasteiger partial charge is 0.435 e. The molecule has 0 bridgehead atoms. The summed E-state index contributed by atoms with van der Waals surface area (Å²) in [5.74, 6) is -1.13. The molecule has 0 aliphatic heterocycles. The van der Waals surface area contributed by atoms with Crippen molar-refractivity contribution in [3.63, 3.8) is 0 Å². The molecule has 8 nitrogen and oxygen atoms in total. The molecule has 2 N–H and O–H groups in total. The standard InChI is InChI=1S/C12H10F2N4O4/c1-6-4-7(22-12(13)14)2-3-8(6)15-11(19)9-5-10(17-16-9)18(20)21/h2-5,12H,1H3,(H,15,19)(H,16,17). The van der Waals surface area contributed by atoms with Crippen LogP contribution in [0.3, 0.4) is 0 Å². The minimum absolute atomic E-state index is 0.0408. The maximum atomic E-state index is 12.1. The SMILES string of the molecule is Cc1cc(OC(F)F)ccc1NC(=O)c1cc([N+](=O)[O-])[nH]n1. The van der Waals surface area contributed by atoms with Gasteiger partial charge in [0.25, 0.3) is 5.91 Å². The smallest absolute Gasteiger partial charge is 0.387 e. The number of nitrogens with one attached hydrogen (secondary N) is 2. The summed E-state index contributed by atoms with van der Waals surface area (Å²) in [7, 11) is 0. The van der Waals surface area contributed by atoms with Crippen LogP contribution in [0.15, 0.2) is 24.3 Å². The molecule has 0 radical (unpaired) electrons. The van der Waals surface area contributed by atoms with Crippen LogP contribution in [0.25, 0.3) is 0 Å². The number of nitro groups is 1. The molecule has 2 aromatic rings. The minimum atomic E-state index is -2.94. The van der Waals surface area contributed by atoms with Crippen LogP contribution in [0.1, 0.15) is 16.1 Å². The molecule has 22 heavy (non-hydrogen) atoms. The van der Waals surface area contributed by atoms with Gasteiger partial charge in [0.05, 0.1) is 6.07 Å². The van der Waals surface area contributed by atoms with Crippen LogP contribution in [0, 0.1) is 17.0 Å². The van der Waals surface area contributed by atoms with Crippen molar-refractivity contribution in [2.24, 2.45) is 0 Å². The summed E-state index contributed by atoms with van der Waals surface area (Å²) in [5, 5.41) is 18.6. The number of halogens is 2. The van der Waals surface area contributed by atoms with Gasteiger partial charge in [-0.25, -0.2) is 0 Å². The minimum Gasteiger partial charge on any atom is -0.435 e. The van der Waals surface area contributed by atoms with Gasteiger partial charge in [0.2, 0.25) is 0 Å². The highest BCUT2D eigenvalue weighted by Gasteiger charge is 2.17. The molecule has 116 valence electrons. The highest BCUT2D eigenvalue weighted by atomic mass is 19.3. The zero-order valence-corrected chi connectivity index (χ0v) is 11.2. The number of alkyl halides is 2. The number of aromatic amines is 1. The van der Waals surface area contributed by atoms with Gasteiger partial charge in [-0.15, -0.1) is 5.10 Å². The molecule has 0 saturated carbocycles. The summed E-state index contributed by atoms with van der Waals surface area (Å²) in [5.41, 5.74) is 0.660. The Morgan fingerprint density at radius 2 is 2.18 bits per heavy atom. The normalized spacial score (nSPS) is 10.5. The van der Waals surface area contributed by atoms with Crippen molar-refractivity contribution in [1.29, 1.82) is 0 Å². The van der Waals surface area contributed by atoms with E-state index in [-0.39, 0.29) is 11.4 Å². The first kappa shape index (κ1) is 15.4. The third-order valence-electron chi connectivity index (χ3n) is 2.66. The number of amides is 1. The Kier molecular flexibility index (Phi) is 4.30. The number of H-pyrrole nitrogens is 1. The van der Waals surface area contributed by atoms with E-state index < -0.39 is 23.3 Å². The molecule has 1 amide bonds. The Morgan fingerprint density at radius 1 is 1.45 bits per heavy atom. The van der Waals surface area contributed by atoms with Crippen molar-refractivity contribution in [2.75, 3.05) is 5.32 Å². The summed E-state index contributed by atoms with van der Waals surface area (Å²) in [6.07, 6.45) is 0.